The maximum atomic E-state index is 4.54. The Bertz CT molecular complexity index is 1160. The normalized spacial score (nSPS) is 12.7. The van der Waals surface area contributed by atoms with Gasteiger partial charge in [-0.2, -0.15) is 5.10 Å². The van der Waals surface area contributed by atoms with Gasteiger partial charge in [0.05, 0.1) is 11.9 Å². The van der Waals surface area contributed by atoms with E-state index in [2.05, 4.69) is 96.3 Å². The highest BCUT2D eigenvalue weighted by Crippen LogP contribution is 2.48. The number of fused-ring (bicyclic) bond motifs is 3. The summed E-state index contributed by atoms with van der Waals surface area (Å²) >= 11 is 0. The SMILES string of the molecule is Cc1ccccc1NN=Cc1ccccc1C1c2ccccc2-c2ccccc21. The van der Waals surface area contributed by atoms with E-state index in [-0.39, 0.29) is 5.92 Å². The van der Waals surface area contributed by atoms with Gasteiger partial charge in [-0.25, -0.2) is 0 Å². The van der Waals surface area contributed by atoms with Crippen LogP contribution in [0.15, 0.2) is 102 Å². The maximum Gasteiger partial charge on any atom is 0.0590 e. The Balaban J connectivity index is 1.55. The molecule has 1 N–H and O–H groups in total. The minimum atomic E-state index is 0.225. The predicted molar refractivity (Wildman–Crippen MR) is 122 cm³/mol. The molecule has 1 aliphatic carbocycles. The summed E-state index contributed by atoms with van der Waals surface area (Å²) in [6, 6.07) is 34.2. The Hall–Kier alpha value is -3.65. The fraction of sp³-hybridized carbons (Fsp3) is 0.0741. The number of nitrogens with zero attached hydrogens (tertiary/aromatic N) is 1. The van der Waals surface area contributed by atoms with Crippen LogP contribution in [-0.4, -0.2) is 6.21 Å². The van der Waals surface area contributed by atoms with Gasteiger partial charge < -0.3 is 0 Å². The monoisotopic (exact) mass is 374 g/mol. The number of rotatable bonds is 4. The van der Waals surface area contributed by atoms with Crippen LogP contribution in [0.4, 0.5) is 5.69 Å². The highest BCUT2D eigenvalue weighted by molar-refractivity contribution is 5.87. The van der Waals surface area contributed by atoms with Gasteiger partial charge in [-0.1, -0.05) is 91.0 Å². The molecule has 0 unspecified atom stereocenters. The predicted octanol–water partition coefficient (Wildman–Crippen LogP) is 6.60. The smallest absolute Gasteiger partial charge is 0.0590 e. The van der Waals surface area contributed by atoms with Crippen molar-refractivity contribution >= 4 is 11.9 Å². The summed E-state index contributed by atoms with van der Waals surface area (Å²) in [5.41, 5.74) is 13.2. The first-order chi connectivity index (χ1) is 14.3. The molecule has 4 aromatic carbocycles. The summed E-state index contributed by atoms with van der Waals surface area (Å²) in [6.45, 7) is 2.08. The van der Waals surface area contributed by atoms with Crippen molar-refractivity contribution in [1.29, 1.82) is 0 Å². The maximum absolute atomic E-state index is 4.54. The summed E-state index contributed by atoms with van der Waals surface area (Å²) in [5, 5.41) is 4.54. The average molecular weight is 374 g/mol. The van der Waals surface area contributed by atoms with Crippen LogP contribution in [0, 0.1) is 6.92 Å². The van der Waals surface area contributed by atoms with Crippen molar-refractivity contribution in [3.8, 4) is 11.1 Å². The lowest BCUT2D eigenvalue weighted by atomic mass is 9.87. The fourth-order valence-corrected chi connectivity index (χ4v) is 4.25. The van der Waals surface area contributed by atoms with Gasteiger partial charge in [0.1, 0.15) is 0 Å². The van der Waals surface area contributed by atoms with E-state index in [4.69, 9.17) is 0 Å². The molecule has 0 atom stereocenters. The van der Waals surface area contributed by atoms with Crippen LogP contribution in [0.3, 0.4) is 0 Å². The average Bonchev–Trinajstić information content (AvgIpc) is 3.10. The second kappa shape index (κ2) is 7.40. The standard InChI is InChI=1S/C27H22N2/c1-19-10-2-9-17-26(19)29-28-18-20-11-3-4-12-21(20)27-24-15-7-5-13-22(24)23-14-6-8-16-25(23)27/h2-18,27,29H,1H3. The fourth-order valence-electron chi connectivity index (χ4n) is 4.25. The van der Waals surface area contributed by atoms with Crippen molar-refractivity contribution in [2.45, 2.75) is 12.8 Å². The summed E-state index contributed by atoms with van der Waals surface area (Å²) in [4.78, 5) is 0. The first-order valence-electron chi connectivity index (χ1n) is 9.95. The third-order valence-electron chi connectivity index (χ3n) is 5.67. The van der Waals surface area contributed by atoms with Gasteiger partial charge in [-0.15, -0.1) is 0 Å². The van der Waals surface area contributed by atoms with E-state index in [9.17, 15) is 0 Å². The number of benzene rings is 4. The van der Waals surface area contributed by atoms with Crippen molar-refractivity contribution in [2.24, 2.45) is 5.10 Å². The Labute approximate surface area is 171 Å². The van der Waals surface area contributed by atoms with Gasteiger partial charge in [0.2, 0.25) is 0 Å². The number of aryl methyl sites for hydroxylation is 1. The lowest BCUT2D eigenvalue weighted by molar-refractivity contribution is 1.01. The highest BCUT2D eigenvalue weighted by atomic mass is 15.3. The minimum Gasteiger partial charge on any atom is -0.278 e. The second-order valence-corrected chi connectivity index (χ2v) is 7.42. The molecule has 0 saturated carbocycles. The summed E-state index contributed by atoms with van der Waals surface area (Å²) in [5.74, 6) is 0.225. The molecule has 2 heteroatoms. The third kappa shape index (κ3) is 3.13. The van der Waals surface area contributed by atoms with E-state index in [0.29, 0.717) is 0 Å². The topological polar surface area (TPSA) is 24.4 Å². The molecule has 140 valence electrons. The van der Waals surface area contributed by atoms with Gasteiger partial charge in [-0.05, 0) is 51.9 Å². The van der Waals surface area contributed by atoms with Crippen LogP contribution in [0.2, 0.25) is 0 Å². The molecule has 0 aliphatic heterocycles. The molecule has 0 fully saturated rings. The zero-order chi connectivity index (χ0) is 19.6. The largest absolute Gasteiger partial charge is 0.278 e. The molecule has 0 saturated heterocycles. The van der Waals surface area contributed by atoms with Crippen molar-refractivity contribution in [1.82, 2.24) is 0 Å². The molecule has 2 nitrogen and oxygen atoms in total. The molecule has 0 amide bonds. The molecule has 1 aliphatic rings. The second-order valence-electron chi connectivity index (χ2n) is 7.42. The van der Waals surface area contributed by atoms with Crippen LogP contribution in [0.1, 0.15) is 33.7 Å². The summed E-state index contributed by atoms with van der Waals surface area (Å²) in [6.07, 6.45) is 1.94. The Morgan fingerprint density at radius 1 is 0.655 bits per heavy atom. The molecule has 5 rings (SSSR count). The van der Waals surface area contributed by atoms with E-state index in [0.717, 1.165) is 11.3 Å². The molecule has 0 aromatic heterocycles. The van der Waals surface area contributed by atoms with Crippen molar-refractivity contribution in [2.75, 3.05) is 5.43 Å². The molecule has 0 spiro atoms. The quantitative estimate of drug-likeness (QED) is 0.278. The van der Waals surface area contributed by atoms with Crippen molar-refractivity contribution < 1.29 is 0 Å². The van der Waals surface area contributed by atoms with Crippen molar-refractivity contribution in [3.63, 3.8) is 0 Å². The third-order valence-corrected chi connectivity index (χ3v) is 5.67. The zero-order valence-corrected chi connectivity index (χ0v) is 16.3. The highest BCUT2D eigenvalue weighted by Gasteiger charge is 2.30. The molecule has 0 radical (unpaired) electrons. The number of para-hydroxylation sites is 1. The van der Waals surface area contributed by atoms with E-state index in [1.807, 2.05) is 24.4 Å². The van der Waals surface area contributed by atoms with E-state index < -0.39 is 0 Å². The van der Waals surface area contributed by atoms with Crippen molar-refractivity contribution in [3.05, 3.63) is 125 Å². The molecule has 4 aromatic rings. The molecule has 0 heterocycles. The number of hydrogen-bond acceptors (Lipinski definition) is 2. The van der Waals surface area contributed by atoms with Gasteiger partial charge >= 0.3 is 0 Å². The van der Waals surface area contributed by atoms with E-state index >= 15 is 0 Å². The van der Waals surface area contributed by atoms with Crippen LogP contribution in [-0.2, 0) is 0 Å². The van der Waals surface area contributed by atoms with Crippen LogP contribution >= 0.6 is 0 Å². The van der Waals surface area contributed by atoms with Gasteiger partial charge in [-0.3, -0.25) is 5.43 Å². The van der Waals surface area contributed by atoms with Gasteiger partial charge in [0.15, 0.2) is 0 Å². The van der Waals surface area contributed by atoms with E-state index in [1.54, 1.807) is 0 Å². The first-order valence-corrected chi connectivity index (χ1v) is 9.95. The molecular weight excluding hydrogens is 352 g/mol. The molecular formula is C27H22N2. The summed E-state index contributed by atoms with van der Waals surface area (Å²) < 4.78 is 0. The Kier molecular flexibility index (Phi) is 4.45. The van der Waals surface area contributed by atoms with E-state index in [1.165, 1.54) is 33.4 Å². The number of hydrogen-bond donors (Lipinski definition) is 1. The number of hydrazone groups is 1. The van der Waals surface area contributed by atoms with Crippen LogP contribution in [0.5, 0.6) is 0 Å². The summed E-state index contributed by atoms with van der Waals surface area (Å²) in [7, 11) is 0. The first kappa shape index (κ1) is 17.4. The lowest BCUT2D eigenvalue weighted by Gasteiger charge is -2.17. The van der Waals surface area contributed by atoms with Gasteiger partial charge in [0, 0.05) is 5.92 Å². The number of anilines is 1. The minimum absolute atomic E-state index is 0.225. The zero-order valence-electron chi connectivity index (χ0n) is 16.3. The number of nitrogens with one attached hydrogen (secondary N) is 1. The van der Waals surface area contributed by atoms with Gasteiger partial charge in [0.25, 0.3) is 0 Å². The molecule has 29 heavy (non-hydrogen) atoms. The van der Waals surface area contributed by atoms with Crippen LogP contribution in [0.25, 0.3) is 11.1 Å². The molecule has 0 bridgehead atoms. The Morgan fingerprint density at radius 3 is 1.90 bits per heavy atom. The lowest BCUT2D eigenvalue weighted by Crippen LogP contribution is -2.04. The Morgan fingerprint density at radius 2 is 1.21 bits per heavy atom. The van der Waals surface area contributed by atoms with Crippen LogP contribution < -0.4 is 5.43 Å².